The van der Waals surface area contributed by atoms with Crippen molar-refractivity contribution in [3.63, 3.8) is 0 Å². The molecule has 3 unspecified atom stereocenters. The van der Waals surface area contributed by atoms with Crippen LogP contribution in [-0.2, 0) is 45.2 Å². The van der Waals surface area contributed by atoms with Gasteiger partial charge < -0.3 is 29.4 Å². The molecular formula is C42H49N3O8. The number of rotatable bonds is 15. The summed E-state index contributed by atoms with van der Waals surface area (Å²) in [5, 5.41) is 21.2. The number of carbonyl (C=O) groups excluding carboxylic acids is 2. The summed E-state index contributed by atoms with van der Waals surface area (Å²) < 4.78 is 24.6. The molecule has 0 radical (unpaired) electrons. The van der Waals surface area contributed by atoms with Crippen molar-refractivity contribution >= 4 is 11.8 Å². The van der Waals surface area contributed by atoms with E-state index in [0.717, 1.165) is 70.9 Å². The molecule has 6 rings (SSSR count). The van der Waals surface area contributed by atoms with E-state index in [9.17, 15) is 14.7 Å². The molecule has 280 valence electrons. The van der Waals surface area contributed by atoms with Crippen molar-refractivity contribution in [3.8, 4) is 22.6 Å². The SMILES string of the molecule is COc1cc2c(cc1OC)CN(CC1CC(c3ccc(CO)cc3)OC(c3cccc(-c4cccc(CNC(=O)CCCCC(=O)NO)c4)c3)O1)CC2. The van der Waals surface area contributed by atoms with E-state index in [1.54, 1.807) is 19.7 Å². The molecule has 0 saturated carbocycles. The van der Waals surface area contributed by atoms with Crippen LogP contribution in [0.1, 0.15) is 77.9 Å². The van der Waals surface area contributed by atoms with E-state index in [2.05, 4.69) is 40.5 Å². The standard InChI is InChI=1S/C42H49N3O8/c1-50-38-21-33-17-18-45(25-35(33)22-39(38)51-2)26-36-23-37(30-15-13-28(27-46)14-16-30)53-42(52-36)34-10-6-9-32(20-34)31-8-5-7-29(19-31)24-43-40(47)11-3-4-12-41(48)44-49/h5-10,13-16,19-22,36-37,42,46,49H,3-4,11-12,17-18,23-27H2,1-2H3,(H,43,47)(H,44,48). The number of fused-ring (bicyclic) bond motifs is 1. The maximum Gasteiger partial charge on any atom is 0.243 e. The van der Waals surface area contributed by atoms with Crippen molar-refractivity contribution in [1.29, 1.82) is 0 Å². The van der Waals surface area contributed by atoms with Crippen LogP contribution in [0.25, 0.3) is 11.1 Å². The number of benzene rings is 4. The Hall–Kier alpha value is -4.78. The fraction of sp³-hybridized carbons (Fsp3) is 0.381. The Bertz CT molecular complexity index is 1850. The molecule has 1 saturated heterocycles. The number of methoxy groups -OCH3 is 2. The number of ether oxygens (including phenoxy) is 4. The highest BCUT2D eigenvalue weighted by Gasteiger charge is 2.34. The second kappa shape index (κ2) is 18.3. The zero-order valence-electron chi connectivity index (χ0n) is 30.4. The minimum absolute atomic E-state index is 0.0129. The molecule has 0 spiro atoms. The minimum atomic E-state index is -0.594. The zero-order chi connectivity index (χ0) is 37.2. The summed E-state index contributed by atoms with van der Waals surface area (Å²) in [5.74, 6) is 0.948. The van der Waals surface area contributed by atoms with Crippen molar-refractivity contribution in [2.24, 2.45) is 0 Å². The van der Waals surface area contributed by atoms with Gasteiger partial charge in [0.2, 0.25) is 11.8 Å². The number of hydrogen-bond acceptors (Lipinski definition) is 9. The van der Waals surface area contributed by atoms with Gasteiger partial charge in [0.25, 0.3) is 0 Å². The number of nitrogens with one attached hydrogen (secondary N) is 2. The fourth-order valence-corrected chi connectivity index (χ4v) is 7.06. The summed E-state index contributed by atoms with van der Waals surface area (Å²) in [5.41, 5.74) is 9.91. The number of aliphatic hydroxyl groups excluding tert-OH is 1. The number of aliphatic hydroxyl groups is 1. The van der Waals surface area contributed by atoms with E-state index in [1.165, 1.54) is 11.1 Å². The first kappa shape index (κ1) is 38.0. The van der Waals surface area contributed by atoms with Gasteiger partial charge in [-0.25, -0.2) is 5.48 Å². The second-order valence-electron chi connectivity index (χ2n) is 13.7. The third kappa shape index (κ3) is 10.0. The summed E-state index contributed by atoms with van der Waals surface area (Å²) in [6.07, 6.45) is 2.28. The van der Waals surface area contributed by atoms with Gasteiger partial charge in [-0.2, -0.15) is 0 Å². The van der Waals surface area contributed by atoms with Crippen LogP contribution in [0.15, 0.2) is 84.9 Å². The zero-order valence-corrected chi connectivity index (χ0v) is 30.4. The van der Waals surface area contributed by atoms with Crippen molar-refractivity contribution < 1.29 is 38.9 Å². The molecule has 11 nitrogen and oxygen atoms in total. The molecule has 0 bridgehead atoms. The smallest absolute Gasteiger partial charge is 0.243 e. The lowest BCUT2D eigenvalue weighted by Crippen LogP contribution is -2.41. The van der Waals surface area contributed by atoms with Gasteiger partial charge in [-0.05, 0) is 82.5 Å². The Kier molecular flexibility index (Phi) is 13.1. The third-order valence-electron chi connectivity index (χ3n) is 9.97. The van der Waals surface area contributed by atoms with Crippen LogP contribution in [0.5, 0.6) is 11.5 Å². The lowest BCUT2D eigenvalue weighted by Gasteiger charge is -2.39. The molecule has 1 fully saturated rings. The maximum atomic E-state index is 12.4. The molecule has 11 heteroatoms. The van der Waals surface area contributed by atoms with Crippen molar-refractivity contribution in [2.75, 3.05) is 27.3 Å². The van der Waals surface area contributed by atoms with E-state index >= 15 is 0 Å². The van der Waals surface area contributed by atoms with Gasteiger partial charge in [-0.1, -0.05) is 60.7 Å². The minimum Gasteiger partial charge on any atom is -0.493 e. The van der Waals surface area contributed by atoms with Gasteiger partial charge in [-0.15, -0.1) is 0 Å². The summed E-state index contributed by atoms with van der Waals surface area (Å²) in [4.78, 5) is 26.0. The average molecular weight is 724 g/mol. The number of carbonyl (C=O) groups is 2. The summed E-state index contributed by atoms with van der Waals surface area (Å²) >= 11 is 0. The van der Waals surface area contributed by atoms with Crippen LogP contribution >= 0.6 is 0 Å². The first-order chi connectivity index (χ1) is 25.8. The largest absolute Gasteiger partial charge is 0.493 e. The maximum absolute atomic E-state index is 12.4. The van der Waals surface area contributed by atoms with Crippen molar-refractivity contribution in [2.45, 2.75) is 76.7 Å². The van der Waals surface area contributed by atoms with Crippen LogP contribution < -0.4 is 20.3 Å². The summed E-state index contributed by atoms with van der Waals surface area (Å²) in [6.45, 7) is 2.80. The summed E-state index contributed by atoms with van der Waals surface area (Å²) in [6, 6.07) is 28.4. The highest BCUT2D eigenvalue weighted by Crippen LogP contribution is 2.40. The first-order valence-corrected chi connectivity index (χ1v) is 18.2. The van der Waals surface area contributed by atoms with Gasteiger partial charge in [0, 0.05) is 51.0 Å². The highest BCUT2D eigenvalue weighted by molar-refractivity contribution is 5.76. The number of unbranched alkanes of at least 4 members (excludes halogenated alkanes) is 1. The normalized spacial score (nSPS) is 18.5. The lowest BCUT2D eigenvalue weighted by molar-refractivity contribution is -0.253. The average Bonchev–Trinajstić information content (AvgIpc) is 3.21. The molecule has 53 heavy (non-hydrogen) atoms. The monoisotopic (exact) mass is 723 g/mol. The van der Waals surface area contributed by atoms with Gasteiger partial charge in [-0.3, -0.25) is 19.7 Å². The molecule has 4 aromatic rings. The molecule has 4 N–H and O–H groups in total. The fourth-order valence-electron chi connectivity index (χ4n) is 7.06. The van der Waals surface area contributed by atoms with Gasteiger partial charge >= 0.3 is 0 Å². The number of amides is 2. The highest BCUT2D eigenvalue weighted by atomic mass is 16.7. The van der Waals surface area contributed by atoms with Crippen LogP contribution in [0.2, 0.25) is 0 Å². The molecular weight excluding hydrogens is 674 g/mol. The Labute approximate surface area is 310 Å². The summed E-state index contributed by atoms with van der Waals surface area (Å²) in [7, 11) is 3.33. The van der Waals surface area contributed by atoms with E-state index in [0.29, 0.717) is 32.2 Å². The Morgan fingerprint density at radius 3 is 2.23 bits per heavy atom. The second-order valence-corrected chi connectivity index (χ2v) is 13.7. The third-order valence-corrected chi connectivity index (χ3v) is 9.97. The van der Waals surface area contributed by atoms with Crippen molar-refractivity contribution in [3.05, 3.63) is 118 Å². The topological polar surface area (TPSA) is 139 Å². The van der Waals surface area contributed by atoms with Crippen LogP contribution in [-0.4, -0.2) is 60.4 Å². The number of nitrogens with zero attached hydrogens (tertiary/aromatic N) is 1. The van der Waals surface area contributed by atoms with Crippen LogP contribution in [0.3, 0.4) is 0 Å². The first-order valence-electron chi connectivity index (χ1n) is 18.2. The number of hydrogen-bond donors (Lipinski definition) is 4. The molecule has 0 aliphatic carbocycles. The molecule has 2 aliphatic heterocycles. The van der Waals surface area contributed by atoms with Crippen LogP contribution in [0, 0.1) is 0 Å². The van der Waals surface area contributed by atoms with E-state index in [-0.39, 0.29) is 31.1 Å². The Morgan fingerprint density at radius 1 is 0.811 bits per heavy atom. The molecule has 2 aliphatic rings. The molecule has 3 atom stereocenters. The van der Waals surface area contributed by atoms with Gasteiger partial charge in [0.15, 0.2) is 17.8 Å². The van der Waals surface area contributed by atoms with Crippen molar-refractivity contribution in [1.82, 2.24) is 15.7 Å². The predicted molar refractivity (Wildman–Crippen MR) is 199 cm³/mol. The molecule has 2 heterocycles. The van der Waals surface area contributed by atoms with Gasteiger partial charge in [0.05, 0.1) is 33.0 Å². The number of hydroxylamine groups is 1. The van der Waals surface area contributed by atoms with Gasteiger partial charge in [0.1, 0.15) is 0 Å². The Morgan fingerprint density at radius 2 is 1.51 bits per heavy atom. The quantitative estimate of drug-likeness (QED) is 0.0647. The predicted octanol–water partition coefficient (Wildman–Crippen LogP) is 6.15. The molecule has 4 aromatic carbocycles. The lowest BCUT2D eigenvalue weighted by atomic mass is 9.96. The van der Waals surface area contributed by atoms with Crippen LogP contribution in [0.4, 0.5) is 0 Å². The van der Waals surface area contributed by atoms with E-state index in [4.69, 9.17) is 24.2 Å². The van der Waals surface area contributed by atoms with E-state index < -0.39 is 12.2 Å². The van der Waals surface area contributed by atoms with E-state index in [1.807, 2.05) is 54.6 Å². The molecule has 0 aromatic heterocycles. The Balaban J connectivity index is 1.15. The molecule has 2 amide bonds.